The maximum Gasteiger partial charge on any atom is 0.136 e. The molecule has 0 spiro atoms. The number of nitrogens with zero attached hydrogens (tertiary/aromatic N) is 1. The minimum atomic E-state index is -0.0323. The molecule has 0 N–H and O–H groups in total. The van der Waals surface area contributed by atoms with Crippen LogP contribution in [-0.4, -0.2) is 0 Å². The average Bonchev–Trinajstić information content (AvgIpc) is 3.92. The molecule has 0 unspecified atom stereocenters. The second-order valence-electron chi connectivity index (χ2n) is 16.1. The lowest BCUT2D eigenvalue weighted by molar-refractivity contribution is 0.660. The van der Waals surface area contributed by atoms with Crippen molar-refractivity contribution in [1.82, 2.24) is 0 Å². The lowest BCUT2D eigenvalue weighted by Crippen LogP contribution is -2.14. The Morgan fingerprint density at radius 3 is 1.97 bits per heavy atom. The largest absolute Gasteiger partial charge is 0.456 e. The number of furan rings is 1. The molecule has 0 atom stereocenters. The molecule has 0 saturated heterocycles. The summed E-state index contributed by atoms with van der Waals surface area (Å²) in [6, 6.07) is 68.9. The van der Waals surface area contributed by atoms with Gasteiger partial charge >= 0.3 is 0 Å². The zero-order valence-corrected chi connectivity index (χ0v) is 33.0. The molecule has 2 heterocycles. The Morgan fingerprint density at radius 1 is 0.431 bits per heavy atom. The van der Waals surface area contributed by atoms with E-state index in [0.29, 0.717) is 0 Å². The van der Waals surface area contributed by atoms with Crippen molar-refractivity contribution in [2.45, 2.75) is 19.3 Å². The Labute approximate surface area is 340 Å². The number of hydrogen-bond donors (Lipinski definition) is 0. The number of thiophene rings is 1. The highest BCUT2D eigenvalue weighted by atomic mass is 32.1. The minimum absolute atomic E-state index is 0.0323. The van der Waals surface area contributed by atoms with Gasteiger partial charge in [-0.25, -0.2) is 0 Å². The number of anilines is 3. The molecule has 11 aromatic rings. The van der Waals surface area contributed by atoms with E-state index in [2.05, 4.69) is 201 Å². The Morgan fingerprint density at radius 2 is 1.07 bits per heavy atom. The fraction of sp³-hybridized carbons (Fsp3) is 0.0545. The summed E-state index contributed by atoms with van der Waals surface area (Å²) in [5.41, 5.74) is 15.3. The van der Waals surface area contributed by atoms with Gasteiger partial charge in [-0.1, -0.05) is 153 Å². The predicted octanol–water partition coefficient (Wildman–Crippen LogP) is 16.2. The molecular weight excluding hydrogens is 723 g/mol. The average molecular weight is 760 g/mol. The standard InChI is InChI=1S/C55H37NOS/c1-55(2)47-23-7-5-19-42(47)46-33-36(28-30-48(46)55)35-14-9-16-38(31-35)56(49-24-11-22-43-44-29-27-34-13-3-4-18-41(34)53(44)58-54(43)49)39-17-10-15-37(32-39)40-21-12-26-51-52(40)45-20-6-8-25-50(45)57-51/h3-33H,1-2H3. The summed E-state index contributed by atoms with van der Waals surface area (Å²) in [5, 5.41) is 7.40. The SMILES string of the molecule is CC1(C)c2ccccc2-c2cc(-c3cccc(N(c4cccc(-c5cccc6oc7ccccc7c56)c4)c4cccc5c4sc4c6ccccc6ccc54)c3)ccc21. The molecule has 12 rings (SSSR count). The van der Waals surface area contributed by atoms with Gasteiger partial charge < -0.3 is 9.32 Å². The van der Waals surface area contributed by atoms with Crippen LogP contribution in [0.3, 0.4) is 0 Å². The summed E-state index contributed by atoms with van der Waals surface area (Å²) in [6.07, 6.45) is 0. The summed E-state index contributed by atoms with van der Waals surface area (Å²) in [4.78, 5) is 2.46. The second kappa shape index (κ2) is 12.5. The first kappa shape index (κ1) is 33.2. The van der Waals surface area contributed by atoms with E-state index < -0.39 is 0 Å². The van der Waals surface area contributed by atoms with Gasteiger partial charge in [-0.2, -0.15) is 0 Å². The third kappa shape index (κ3) is 4.90. The van der Waals surface area contributed by atoms with Gasteiger partial charge in [-0.15, -0.1) is 11.3 Å². The van der Waals surface area contributed by atoms with Crippen LogP contribution in [0.4, 0.5) is 17.1 Å². The van der Waals surface area contributed by atoms with Crippen molar-refractivity contribution in [3.8, 4) is 33.4 Å². The number of fused-ring (bicyclic) bond motifs is 11. The predicted molar refractivity (Wildman–Crippen MR) is 247 cm³/mol. The Kier molecular flexibility index (Phi) is 7.18. The van der Waals surface area contributed by atoms with Crippen LogP contribution in [0.25, 0.3) is 86.3 Å². The zero-order valence-electron chi connectivity index (χ0n) is 32.2. The molecule has 58 heavy (non-hydrogen) atoms. The van der Waals surface area contributed by atoms with Gasteiger partial charge in [0, 0.05) is 43.0 Å². The van der Waals surface area contributed by atoms with Crippen LogP contribution in [0.15, 0.2) is 192 Å². The van der Waals surface area contributed by atoms with E-state index in [4.69, 9.17) is 4.42 Å². The van der Waals surface area contributed by atoms with Gasteiger partial charge in [0.25, 0.3) is 0 Å². The van der Waals surface area contributed by atoms with Crippen molar-refractivity contribution in [3.63, 3.8) is 0 Å². The maximum absolute atomic E-state index is 6.34. The van der Waals surface area contributed by atoms with Gasteiger partial charge in [0.15, 0.2) is 0 Å². The maximum atomic E-state index is 6.34. The van der Waals surface area contributed by atoms with E-state index in [9.17, 15) is 0 Å². The van der Waals surface area contributed by atoms with Crippen molar-refractivity contribution in [1.29, 1.82) is 0 Å². The summed E-state index contributed by atoms with van der Waals surface area (Å²) in [6.45, 7) is 4.69. The van der Waals surface area contributed by atoms with Crippen molar-refractivity contribution < 1.29 is 4.42 Å². The van der Waals surface area contributed by atoms with E-state index >= 15 is 0 Å². The monoisotopic (exact) mass is 759 g/mol. The van der Waals surface area contributed by atoms with Crippen LogP contribution < -0.4 is 4.90 Å². The van der Waals surface area contributed by atoms with E-state index in [0.717, 1.165) is 50.1 Å². The first-order valence-corrected chi connectivity index (χ1v) is 20.8. The number of para-hydroxylation sites is 1. The molecule has 0 bridgehead atoms. The zero-order chi connectivity index (χ0) is 38.5. The third-order valence-electron chi connectivity index (χ3n) is 12.4. The molecule has 2 aromatic heterocycles. The molecule has 0 fully saturated rings. The summed E-state index contributed by atoms with van der Waals surface area (Å²) >= 11 is 1.89. The van der Waals surface area contributed by atoms with E-state index in [-0.39, 0.29) is 5.41 Å². The number of benzene rings is 9. The van der Waals surface area contributed by atoms with E-state index in [1.807, 2.05) is 17.4 Å². The van der Waals surface area contributed by atoms with Crippen LogP contribution in [0, 0.1) is 0 Å². The topological polar surface area (TPSA) is 16.4 Å². The summed E-state index contributed by atoms with van der Waals surface area (Å²) < 4.78 is 8.93. The normalized spacial score (nSPS) is 13.1. The minimum Gasteiger partial charge on any atom is -0.456 e. The Bertz CT molecular complexity index is 3460. The molecule has 0 radical (unpaired) electrons. The Hall–Kier alpha value is -6.94. The molecule has 1 aliphatic carbocycles. The fourth-order valence-electron chi connectivity index (χ4n) is 9.67. The molecule has 3 heteroatoms. The molecule has 274 valence electrons. The highest BCUT2D eigenvalue weighted by molar-refractivity contribution is 7.27. The van der Waals surface area contributed by atoms with Crippen LogP contribution in [0.2, 0.25) is 0 Å². The van der Waals surface area contributed by atoms with Crippen molar-refractivity contribution >= 4 is 81.3 Å². The first-order chi connectivity index (χ1) is 28.5. The Balaban J connectivity index is 1.07. The van der Waals surface area contributed by atoms with Crippen molar-refractivity contribution in [2.24, 2.45) is 0 Å². The fourth-order valence-corrected chi connectivity index (χ4v) is 11.0. The lowest BCUT2D eigenvalue weighted by Gasteiger charge is -2.27. The number of rotatable bonds is 5. The second-order valence-corrected chi connectivity index (χ2v) is 17.1. The van der Waals surface area contributed by atoms with Crippen LogP contribution >= 0.6 is 11.3 Å². The third-order valence-corrected chi connectivity index (χ3v) is 13.7. The van der Waals surface area contributed by atoms with Crippen LogP contribution in [-0.2, 0) is 5.41 Å². The van der Waals surface area contributed by atoms with Crippen molar-refractivity contribution in [2.75, 3.05) is 4.90 Å². The number of hydrogen-bond acceptors (Lipinski definition) is 3. The molecule has 0 saturated carbocycles. The highest BCUT2D eigenvalue weighted by Crippen LogP contribution is 2.51. The van der Waals surface area contributed by atoms with Crippen LogP contribution in [0.1, 0.15) is 25.0 Å². The van der Waals surface area contributed by atoms with Crippen molar-refractivity contribution in [3.05, 3.63) is 199 Å². The van der Waals surface area contributed by atoms with Gasteiger partial charge in [0.2, 0.25) is 0 Å². The molecule has 2 nitrogen and oxygen atoms in total. The van der Waals surface area contributed by atoms with E-state index in [1.54, 1.807) is 0 Å². The lowest BCUT2D eigenvalue weighted by atomic mass is 9.82. The van der Waals surface area contributed by atoms with Gasteiger partial charge in [-0.05, 0) is 104 Å². The summed E-state index contributed by atoms with van der Waals surface area (Å²) in [5.74, 6) is 0. The molecule has 9 aromatic carbocycles. The quantitative estimate of drug-likeness (QED) is 0.174. The first-order valence-electron chi connectivity index (χ1n) is 20.0. The van der Waals surface area contributed by atoms with Gasteiger partial charge in [-0.3, -0.25) is 0 Å². The van der Waals surface area contributed by atoms with Gasteiger partial charge in [0.05, 0.1) is 10.4 Å². The highest BCUT2D eigenvalue weighted by Gasteiger charge is 2.35. The van der Waals surface area contributed by atoms with Gasteiger partial charge in [0.1, 0.15) is 11.2 Å². The summed E-state index contributed by atoms with van der Waals surface area (Å²) in [7, 11) is 0. The van der Waals surface area contributed by atoms with Crippen LogP contribution in [0.5, 0.6) is 0 Å². The molecule has 1 aliphatic rings. The molecular formula is C55H37NOS. The molecule has 0 aliphatic heterocycles. The van der Waals surface area contributed by atoms with E-state index in [1.165, 1.54) is 64.3 Å². The smallest absolute Gasteiger partial charge is 0.136 e. The molecule has 0 amide bonds.